The Labute approximate surface area is 99.4 Å². The third-order valence-corrected chi connectivity index (χ3v) is 14.0. The first kappa shape index (κ1) is 11.9. The molecule has 0 aliphatic carbocycles. The van der Waals surface area contributed by atoms with Gasteiger partial charge < -0.3 is 0 Å². The summed E-state index contributed by atoms with van der Waals surface area (Å²) >= 11 is -2.32. The molecule has 2 rings (SSSR count). The summed E-state index contributed by atoms with van der Waals surface area (Å²) in [6, 6.07) is 9.80. The molecule has 0 bridgehead atoms. The van der Waals surface area contributed by atoms with Gasteiger partial charge in [0.05, 0.1) is 0 Å². The SMILES string of the molecule is C[CH2][Ge]1([C](=O)c2ccccc2)[CH2]COC[CH2]1. The van der Waals surface area contributed by atoms with E-state index in [2.05, 4.69) is 6.92 Å². The summed E-state index contributed by atoms with van der Waals surface area (Å²) in [6.07, 6.45) is 0. The summed E-state index contributed by atoms with van der Waals surface area (Å²) < 4.78 is 5.89. The number of benzene rings is 1. The molecule has 3 heteroatoms. The van der Waals surface area contributed by atoms with Crippen molar-refractivity contribution in [2.45, 2.75) is 22.7 Å². The Bertz CT molecular complexity index is 355. The van der Waals surface area contributed by atoms with Crippen molar-refractivity contribution >= 4 is 17.9 Å². The quantitative estimate of drug-likeness (QED) is 0.795. The van der Waals surface area contributed by atoms with Gasteiger partial charge in [0.15, 0.2) is 0 Å². The van der Waals surface area contributed by atoms with Crippen LogP contribution in [0, 0.1) is 0 Å². The summed E-state index contributed by atoms with van der Waals surface area (Å²) in [4.78, 5) is 12.6. The van der Waals surface area contributed by atoms with Gasteiger partial charge in [-0.1, -0.05) is 0 Å². The van der Waals surface area contributed by atoms with E-state index < -0.39 is 13.3 Å². The summed E-state index contributed by atoms with van der Waals surface area (Å²) in [7, 11) is 0. The predicted molar refractivity (Wildman–Crippen MR) is 67.4 cm³/mol. The third-order valence-electron chi connectivity index (χ3n) is 3.64. The van der Waals surface area contributed by atoms with Crippen LogP contribution < -0.4 is 0 Å². The first-order valence-electron chi connectivity index (χ1n) is 5.96. The summed E-state index contributed by atoms with van der Waals surface area (Å²) in [5.41, 5.74) is 0.922. The molecule has 0 spiro atoms. The molecule has 86 valence electrons. The van der Waals surface area contributed by atoms with E-state index in [1.165, 1.54) is 0 Å². The van der Waals surface area contributed by atoms with E-state index in [0.29, 0.717) is 4.62 Å². The van der Waals surface area contributed by atoms with Gasteiger partial charge in [0, 0.05) is 0 Å². The standard InChI is InChI=1S/C13H18GeO2/c1-2-14(8-10-16-11-9-14)13(15)12-6-4-3-5-7-12/h3-7H,2,8-11H2,1H3. The van der Waals surface area contributed by atoms with Crippen molar-refractivity contribution in [2.24, 2.45) is 0 Å². The molecule has 1 aliphatic heterocycles. The zero-order valence-electron chi connectivity index (χ0n) is 9.74. The Morgan fingerprint density at radius 3 is 2.44 bits per heavy atom. The van der Waals surface area contributed by atoms with Crippen molar-refractivity contribution < 1.29 is 9.53 Å². The molecule has 0 atom stereocenters. The Kier molecular flexibility index (Phi) is 3.82. The fourth-order valence-electron chi connectivity index (χ4n) is 2.40. The zero-order chi connectivity index (χ0) is 11.4. The van der Waals surface area contributed by atoms with Crippen LogP contribution in [0.15, 0.2) is 30.3 Å². The van der Waals surface area contributed by atoms with Crippen LogP contribution in [-0.4, -0.2) is 31.1 Å². The molecule has 1 heterocycles. The normalized spacial score (nSPS) is 19.3. The minimum absolute atomic E-state index is 0.478. The minimum atomic E-state index is -2.32. The number of hydrogen-bond donors (Lipinski definition) is 0. The maximum atomic E-state index is 12.6. The van der Waals surface area contributed by atoms with E-state index in [4.69, 9.17) is 4.74 Å². The molecule has 1 saturated heterocycles. The van der Waals surface area contributed by atoms with Gasteiger partial charge in [-0.25, -0.2) is 0 Å². The molecular formula is C13H18GeO2. The fraction of sp³-hybridized carbons (Fsp3) is 0.462. The van der Waals surface area contributed by atoms with E-state index >= 15 is 0 Å². The molecule has 1 aromatic rings. The first-order valence-corrected chi connectivity index (χ1v) is 11.5. The number of rotatable bonds is 3. The number of ether oxygens (including phenoxy) is 1. The van der Waals surface area contributed by atoms with E-state index in [1.54, 1.807) is 0 Å². The van der Waals surface area contributed by atoms with E-state index in [9.17, 15) is 4.79 Å². The molecule has 0 saturated carbocycles. The number of carbonyl (C=O) groups excluding carboxylic acids is 1. The van der Waals surface area contributed by atoms with Crippen LogP contribution in [-0.2, 0) is 4.74 Å². The van der Waals surface area contributed by atoms with Crippen molar-refractivity contribution in [2.75, 3.05) is 13.2 Å². The molecule has 1 aliphatic rings. The Morgan fingerprint density at radius 1 is 1.25 bits per heavy atom. The Morgan fingerprint density at radius 2 is 1.88 bits per heavy atom. The summed E-state index contributed by atoms with van der Waals surface area (Å²) in [5, 5.41) is 3.19. The van der Waals surface area contributed by atoms with Gasteiger partial charge in [-0.05, 0) is 0 Å². The first-order chi connectivity index (χ1) is 7.78. The molecular weight excluding hydrogens is 261 g/mol. The van der Waals surface area contributed by atoms with E-state index in [0.717, 1.165) is 34.5 Å². The molecule has 0 aromatic heterocycles. The van der Waals surface area contributed by atoms with Crippen LogP contribution in [0.3, 0.4) is 0 Å². The third kappa shape index (κ3) is 2.23. The molecule has 0 radical (unpaired) electrons. The van der Waals surface area contributed by atoms with Crippen molar-refractivity contribution in [1.29, 1.82) is 0 Å². The van der Waals surface area contributed by atoms with Gasteiger partial charge >= 0.3 is 99.2 Å². The molecule has 1 aromatic carbocycles. The molecule has 2 nitrogen and oxygen atoms in total. The Hall–Kier alpha value is -0.607. The summed E-state index contributed by atoms with van der Waals surface area (Å²) in [6.45, 7) is 3.78. The van der Waals surface area contributed by atoms with Crippen LogP contribution in [0.2, 0.25) is 15.8 Å². The molecule has 0 amide bonds. The molecule has 1 fully saturated rings. The molecule has 0 unspecified atom stereocenters. The van der Waals surface area contributed by atoms with Gasteiger partial charge in [0.25, 0.3) is 0 Å². The van der Waals surface area contributed by atoms with Gasteiger partial charge in [-0.2, -0.15) is 0 Å². The second-order valence-corrected chi connectivity index (χ2v) is 14.3. The van der Waals surface area contributed by atoms with Crippen LogP contribution >= 0.6 is 0 Å². The van der Waals surface area contributed by atoms with Crippen LogP contribution in [0.25, 0.3) is 0 Å². The van der Waals surface area contributed by atoms with Gasteiger partial charge in [0.1, 0.15) is 0 Å². The van der Waals surface area contributed by atoms with Crippen molar-refractivity contribution in [3.8, 4) is 0 Å². The Balaban J connectivity index is 2.24. The van der Waals surface area contributed by atoms with Crippen molar-refractivity contribution in [3.05, 3.63) is 35.9 Å². The van der Waals surface area contributed by atoms with Gasteiger partial charge in [-0.3, -0.25) is 0 Å². The maximum absolute atomic E-state index is 12.6. The van der Waals surface area contributed by atoms with E-state index in [1.807, 2.05) is 30.3 Å². The number of carbonyl (C=O) groups is 1. The molecule has 16 heavy (non-hydrogen) atoms. The fourth-order valence-corrected chi connectivity index (χ4v) is 9.91. The number of hydrogen-bond acceptors (Lipinski definition) is 2. The average Bonchev–Trinajstić information content (AvgIpc) is 2.39. The topological polar surface area (TPSA) is 26.3 Å². The van der Waals surface area contributed by atoms with Crippen LogP contribution in [0.5, 0.6) is 0 Å². The molecule has 0 N–H and O–H groups in total. The van der Waals surface area contributed by atoms with Crippen LogP contribution in [0.4, 0.5) is 0 Å². The summed E-state index contributed by atoms with van der Waals surface area (Å²) in [5.74, 6) is 0. The van der Waals surface area contributed by atoms with Gasteiger partial charge in [-0.15, -0.1) is 0 Å². The van der Waals surface area contributed by atoms with Gasteiger partial charge in [0.2, 0.25) is 0 Å². The monoisotopic (exact) mass is 280 g/mol. The second-order valence-electron chi connectivity index (χ2n) is 4.44. The predicted octanol–water partition coefficient (Wildman–Crippen LogP) is 2.91. The second kappa shape index (κ2) is 5.15. The van der Waals surface area contributed by atoms with E-state index in [-0.39, 0.29) is 0 Å². The van der Waals surface area contributed by atoms with Crippen LogP contribution in [0.1, 0.15) is 17.3 Å². The average molecular weight is 279 g/mol. The van der Waals surface area contributed by atoms with Crippen molar-refractivity contribution in [3.63, 3.8) is 0 Å². The zero-order valence-corrected chi connectivity index (χ0v) is 11.8. The van der Waals surface area contributed by atoms with Crippen molar-refractivity contribution in [1.82, 2.24) is 0 Å².